The van der Waals surface area contributed by atoms with Crippen molar-refractivity contribution in [1.29, 1.82) is 0 Å². The van der Waals surface area contributed by atoms with Gasteiger partial charge in [0.15, 0.2) is 5.43 Å². The van der Waals surface area contributed by atoms with Crippen LogP contribution < -0.4 is 5.43 Å². The lowest BCUT2D eigenvalue weighted by molar-refractivity contribution is 1.04. The molecule has 0 saturated heterocycles. The lowest BCUT2D eigenvalue weighted by atomic mass is 10.0. The van der Waals surface area contributed by atoms with Crippen molar-refractivity contribution < 1.29 is 0 Å². The first kappa shape index (κ1) is 16.8. The lowest BCUT2D eigenvalue weighted by Gasteiger charge is -2.13. The maximum absolute atomic E-state index is 13.2. The minimum absolute atomic E-state index is 0.0455. The third kappa shape index (κ3) is 3.35. The van der Waals surface area contributed by atoms with Crippen molar-refractivity contribution in [2.45, 2.75) is 0 Å². The van der Waals surface area contributed by atoms with Crippen LogP contribution in [0.25, 0.3) is 27.9 Å². The van der Waals surface area contributed by atoms with Crippen molar-refractivity contribution >= 4 is 22.6 Å². The van der Waals surface area contributed by atoms with Gasteiger partial charge in [0.05, 0.1) is 0 Å². The van der Waals surface area contributed by atoms with E-state index in [2.05, 4.69) is 46.9 Å². The molecule has 0 radical (unpaired) electrons. The molecule has 0 N–H and O–H groups in total. The fraction of sp³-hybridized carbons (Fsp3) is 0. The van der Waals surface area contributed by atoms with E-state index in [1.807, 2.05) is 77.6 Å². The average molecular weight is 449 g/mol. The molecule has 0 bridgehead atoms. The highest BCUT2D eigenvalue weighted by atomic mass is 127. The van der Waals surface area contributed by atoms with Gasteiger partial charge >= 0.3 is 0 Å². The number of nitrogens with zero attached hydrogens (tertiary/aromatic N) is 1. The normalized spacial score (nSPS) is 10.7. The average Bonchev–Trinajstić information content (AvgIpc) is 2.70. The van der Waals surface area contributed by atoms with Crippen LogP contribution in [0, 0.1) is 3.57 Å². The Morgan fingerprint density at radius 2 is 1.08 bits per heavy atom. The Morgan fingerprint density at radius 3 is 1.54 bits per heavy atom. The Morgan fingerprint density at radius 1 is 0.615 bits per heavy atom. The summed E-state index contributed by atoms with van der Waals surface area (Å²) in [5.41, 5.74) is 4.32. The zero-order chi connectivity index (χ0) is 17.9. The molecule has 0 atom stereocenters. The molecule has 126 valence electrons. The molecule has 3 heteroatoms. The van der Waals surface area contributed by atoms with Gasteiger partial charge in [-0.25, -0.2) is 0 Å². The largest absolute Gasteiger partial charge is 0.322 e. The van der Waals surface area contributed by atoms with Gasteiger partial charge < -0.3 is 4.57 Å². The summed E-state index contributed by atoms with van der Waals surface area (Å²) in [5.74, 6) is 0. The molecule has 0 amide bonds. The van der Waals surface area contributed by atoms with Gasteiger partial charge in [-0.15, -0.1) is 0 Å². The van der Waals surface area contributed by atoms with E-state index >= 15 is 0 Å². The molecule has 1 aromatic heterocycles. The quantitative estimate of drug-likeness (QED) is 0.364. The molecule has 0 saturated carbocycles. The van der Waals surface area contributed by atoms with E-state index in [9.17, 15) is 4.79 Å². The van der Waals surface area contributed by atoms with E-state index in [1.54, 1.807) is 0 Å². The third-order valence-corrected chi connectivity index (χ3v) is 5.04. The first-order valence-electron chi connectivity index (χ1n) is 8.35. The van der Waals surface area contributed by atoms with E-state index in [1.165, 1.54) is 3.57 Å². The van der Waals surface area contributed by atoms with Crippen molar-refractivity contribution in [3.8, 4) is 27.9 Å². The highest BCUT2D eigenvalue weighted by Gasteiger charge is 2.12. The minimum atomic E-state index is 0.0455. The third-order valence-electron chi connectivity index (χ3n) is 4.32. The summed E-state index contributed by atoms with van der Waals surface area (Å²) in [6.45, 7) is 0. The number of aromatic nitrogens is 1. The lowest BCUT2D eigenvalue weighted by Crippen LogP contribution is -2.12. The van der Waals surface area contributed by atoms with E-state index in [4.69, 9.17) is 0 Å². The maximum Gasteiger partial charge on any atom is 0.197 e. The molecule has 0 aliphatic carbocycles. The van der Waals surface area contributed by atoms with Crippen LogP contribution >= 0.6 is 22.6 Å². The topological polar surface area (TPSA) is 22.0 Å². The molecule has 0 aliphatic rings. The maximum atomic E-state index is 13.2. The van der Waals surface area contributed by atoms with Crippen LogP contribution in [0.1, 0.15) is 0 Å². The number of rotatable bonds is 3. The van der Waals surface area contributed by atoms with Crippen molar-refractivity contribution in [3.05, 3.63) is 111 Å². The van der Waals surface area contributed by atoms with Crippen molar-refractivity contribution in [2.75, 3.05) is 0 Å². The van der Waals surface area contributed by atoms with Gasteiger partial charge in [-0.3, -0.25) is 4.79 Å². The van der Waals surface area contributed by atoms with Crippen LogP contribution in [0.15, 0.2) is 102 Å². The Hall–Kier alpha value is -2.66. The molecule has 2 nitrogen and oxygen atoms in total. The van der Waals surface area contributed by atoms with Crippen LogP contribution in [0.5, 0.6) is 0 Å². The molecule has 4 rings (SSSR count). The molecular weight excluding hydrogens is 433 g/mol. The fourth-order valence-electron chi connectivity index (χ4n) is 2.99. The van der Waals surface area contributed by atoms with E-state index < -0.39 is 0 Å². The first-order valence-corrected chi connectivity index (χ1v) is 9.43. The summed E-state index contributed by atoms with van der Waals surface area (Å²) in [5, 5.41) is 0. The van der Waals surface area contributed by atoms with Gasteiger partial charge in [0.25, 0.3) is 0 Å². The number of pyridine rings is 1. The molecule has 3 aromatic carbocycles. The monoisotopic (exact) mass is 449 g/mol. The summed E-state index contributed by atoms with van der Waals surface area (Å²) in [6.07, 6.45) is 3.85. The molecule has 0 spiro atoms. The summed E-state index contributed by atoms with van der Waals surface area (Å²) in [4.78, 5) is 13.2. The molecule has 0 fully saturated rings. The highest BCUT2D eigenvalue weighted by molar-refractivity contribution is 14.1. The SMILES string of the molecule is O=c1c(-c2ccccc2)cn(-c2ccc(I)cc2)cc1-c1ccccc1. The van der Waals surface area contributed by atoms with Gasteiger partial charge in [-0.1, -0.05) is 60.7 Å². The Labute approximate surface area is 165 Å². The van der Waals surface area contributed by atoms with Crippen LogP contribution in [-0.2, 0) is 0 Å². The second kappa shape index (κ2) is 7.30. The van der Waals surface area contributed by atoms with E-state index in [-0.39, 0.29) is 5.43 Å². The number of benzene rings is 3. The van der Waals surface area contributed by atoms with Crippen LogP contribution in [-0.4, -0.2) is 4.57 Å². The van der Waals surface area contributed by atoms with E-state index in [0.29, 0.717) is 11.1 Å². The van der Waals surface area contributed by atoms with E-state index in [0.717, 1.165) is 16.8 Å². The second-order valence-corrected chi connectivity index (χ2v) is 7.28. The predicted molar refractivity (Wildman–Crippen MR) is 116 cm³/mol. The zero-order valence-corrected chi connectivity index (χ0v) is 16.1. The first-order chi connectivity index (χ1) is 12.7. The zero-order valence-electron chi connectivity index (χ0n) is 14.0. The predicted octanol–water partition coefficient (Wildman–Crippen LogP) is 5.78. The molecular formula is C23H16INO. The van der Waals surface area contributed by atoms with Crippen molar-refractivity contribution in [2.24, 2.45) is 0 Å². The van der Waals surface area contributed by atoms with Crippen LogP contribution in [0.3, 0.4) is 0 Å². The summed E-state index contributed by atoms with van der Waals surface area (Å²) in [6, 6.07) is 27.9. The molecule has 0 unspecified atom stereocenters. The molecule has 1 heterocycles. The van der Waals surface area contributed by atoms with Gasteiger partial charge in [-0.05, 0) is 58.0 Å². The fourth-order valence-corrected chi connectivity index (χ4v) is 3.35. The second-order valence-electron chi connectivity index (χ2n) is 6.03. The van der Waals surface area contributed by atoms with Gasteiger partial charge in [0.1, 0.15) is 0 Å². The Bertz CT molecular complexity index is 1020. The Balaban J connectivity index is 1.98. The molecule has 26 heavy (non-hydrogen) atoms. The van der Waals surface area contributed by atoms with Gasteiger partial charge in [0.2, 0.25) is 0 Å². The molecule has 0 aliphatic heterocycles. The highest BCUT2D eigenvalue weighted by Crippen LogP contribution is 2.23. The number of halogens is 1. The van der Waals surface area contributed by atoms with Crippen LogP contribution in [0.4, 0.5) is 0 Å². The standard InChI is InChI=1S/C23H16INO/c24-19-11-13-20(14-12-19)25-15-21(17-7-3-1-4-8-17)23(26)22(16-25)18-9-5-2-6-10-18/h1-16H. The van der Waals surface area contributed by atoms with Crippen molar-refractivity contribution in [3.63, 3.8) is 0 Å². The summed E-state index contributed by atoms with van der Waals surface area (Å²) < 4.78 is 3.21. The van der Waals surface area contributed by atoms with Gasteiger partial charge in [0, 0.05) is 32.8 Å². The van der Waals surface area contributed by atoms with Gasteiger partial charge in [-0.2, -0.15) is 0 Å². The van der Waals surface area contributed by atoms with Crippen molar-refractivity contribution in [1.82, 2.24) is 4.57 Å². The number of hydrogen-bond donors (Lipinski definition) is 0. The van der Waals surface area contributed by atoms with Crippen LogP contribution in [0.2, 0.25) is 0 Å². The number of hydrogen-bond acceptors (Lipinski definition) is 1. The summed E-state index contributed by atoms with van der Waals surface area (Å²) >= 11 is 2.29. The molecule has 4 aromatic rings. The smallest absolute Gasteiger partial charge is 0.197 e. The summed E-state index contributed by atoms with van der Waals surface area (Å²) in [7, 11) is 0. The minimum Gasteiger partial charge on any atom is -0.322 e. The Kier molecular flexibility index (Phi) is 4.71.